The van der Waals surface area contributed by atoms with Gasteiger partial charge in [-0.2, -0.15) is 4.98 Å². The molecule has 30 heavy (non-hydrogen) atoms. The average Bonchev–Trinajstić information content (AvgIpc) is 3.19. The number of carbonyl (C=O) groups is 1. The van der Waals surface area contributed by atoms with Gasteiger partial charge in [-0.1, -0.05) is 47.1 Å². The Balaban J connectivity index is 1.39. The second kappa shape index (κ2) is 8.98. The van der Waals surface area contributed by atoms with Crippen LogP contribution in [-0.2, 0) is 11.3 Å². The first kappa shape index (κ1) is 20.6. The minimum Gasteiger partial charge on any atom is -0.338 e. The van der Waals surface area contributed by atoms with Gasteiger partial charge in [-0.15, -0.1) is 0 Å². The third-order valence-electron chi connectivity index (χ3n) is 5.55. The first-order chi connectivity index (χ1) is 14.5. The molecule has 2 heterocycles. The van der Waals surface area contributed by atoms with Crippen molar-refractivity contribution in [3.63, 3.8) is 0 Å². The lowest BCUT2D eigenvalue weighted by Gasteiger charge is -2.31. The summed E-state index contributed by atoms with van der Waals surface area (Å²) in [7, 11) is 0. The van der Waals surface area contributed by atoms with Crippen molar-refractivity contribution in [2.24, 2.45) is 5.92 Å². The SMILES string of the molecule is Cc1ccc(Cl)cc1NC(=O)C1CCCN(Cc2nc(-c3ccccc3C)no2)C1. The highest BCUT2D eigenvalue weighted by Crippen LogP contribution is 2.25. The number of nitrogens with zero attached hydrogens (tertiary/aromatic N) is 3. The zero-order valence-electron chi connectivity index (χ0n) is 17.2. The summed E-state index contributed by atoms with van der Waals surface area (Å²) in [5.74, 6) is 1.11. The Labute approximate surface area is 181 Å². The van der Waals surface area contributed by atoms with E-state index in [-0.39, 0.29) is 11.8 Å². The van der Waals surface area contributed by atoms with Crippen molar-refractivity contribution >= 4 is 23.2 Å². The minimum atomic E-state index is -0.0871. The van der Waals surface area contributed by atoms with E-state index >= 15 is 0 Å². The van der Waals surface area contributed by atoms with Gasteiger partial charge >= 0.3 is 0 Å². The Morgan fingerprint density at radius 2 is 2.07 bits per heavy atom. The number of benzene rings is 2. The van der Waals surface area contributed by atoms with Crippen molar-refractivity contribution in [2.45, 2.75) is 33.2 Å². The van der Waals surface area contributed by atoms with Gasteiger partial charge < -0.3 is 9.84 Å². The van der Waals surface area contributed by atoms with Crippen LogP contribution in [0.15, 0.2) is 47.0 Å². The number of amides is 1. The molecule has 1 saturated heterocycles. The summed E-state index contributed by atoms with van der Waals surface area (Å²) < 4.78 is 5.48. The number of nitrogens with one attached hydrogen (secondary N) is 1. The summed E-state index contributed by atoms with van der Waals surface area (Å²) in [6.45, 7) is 6.09. The smallest absolute Gasteiger partial charge is 0.241 e. The maximum atomic E-state index is 12.8. The third-order valence-corrected chi connectivity index (χ3v) is 5.78. The number of aryl methyl sites for hydroxylation is 2. The van der Waals surface area contributed by atoms with E-state index in [1.165, 1.54) is 0 Å². The molecule has 1 amide bonds. The van der Waals surface area contributed by atoms with E-state index in [1.807, 2.05) is 50.2 Å². The van der Waals surface area contributed by atoms with Crippen LogP contribution in [0.5, 0.6) is 0 Å². The molecule has 1 atom stereocenters. The normalized spacial score (nSPS) is 17.1. The van der Waals surface area contributed by atoms with Crippen LogP contribution in [0.25, 0.3) is 11.4 Å². The number of anilines is 1. The fraction of sp³-hybridized carbons (Fsp3) is 0.348. The van der Waals surface area contributed by atoms with Crippen molar-refractivity contribution in [3.8, 4) is 11.4 Å². The molecule has 2 aromatic carbocycles. The molecule has 1 N–H and O–H groups in total. The topological polar surface area (TPSA) is 71.3 Å². The molecule has 1 fully saturated rings. The van der Waals surface area contributed by atoms with Crippen LogP contribution in [-0.4, -0.2) is 34.0 Å². The molecule has 1 aliphatic rings. The van der Waals surface area contributed by atoms with Crippen LogP contribution in [0.2, 0.25) is 5.02 Å². The number of piperidine rings is 1. The van der Waals surface area contributed by atoms with E-state index in [0.717, 1.165) is 41.8 Å². The summed E-state index contributed by atoms with van der Waals surface area (Å²) in [4.78, 5) is 19.6. The van der Waals surface area contributed by atoms with Gasteiger partial charge in [0.25, 0.3) is 0 Å². The summed E-state index contributed by atoms with van der Waals surface area (Å²) in [5.41, 5.74) is 3.84. The molecule has 3 aromatic rings. The fourth-order valence-electron chi connectivity index (χ4n) is 3.82. The Morgan fingerprint density at radius 3 is 2.90 bits per heavy atom. The number of halogens is 1. The van der Waals surface area contributed by atoms with Crippen molar-refractivity contribution in [2.75, 3.05) is 18.4 Å². The summed E-state index contributed by atoms with van der Waals surface area (Å²) in [6, 6.07) is 13.5. The van der Waals surface area contributed by atoms with E-state index in [0.29, 0.717) is 29.8 Å². The zero-order chi connectivity index (χ0) is 21.1. The summed E-state index contributed by atoms with van der Waals surface area (Å²) in [6.07, 6.45) is 1.81. The van der Waals surface area contributed by atoms with Gasteiger partial charge in [-0.25, -0.2) is 0 Å². The molecule has 0 bridgehead atoms. The summed E-state index contributed by atoms with van der Waals surface area (Å²) >= 11 is 6.07. The Morgan fingerprint density at radius 1 is 1.23 bits per heavy atom. The molecule has 0 radical (unpaired) electrons. The largest absolute Gasteiger partial charge is 0.338 e. The van der Waals surface area contributed by atoms with Crippen molar-refractivity contribution < 1.29 is 9.32 Å². The van der Waals surface area contributed by atoms with Crippen molar-refractivity contribution in [3.05, 3.63) is 64.5 Å². The van der Waals surface area contributed by atoms with Gasteiger partial charge in [0.15, 0.2) is 0 Å². The van der Waals surface area contributed by atoms with Gasteiger partial charge in [0.2, 0.25) is 17.6 Å². The first-order valence-corrected chi connectivity index (χ1v) is 10.6. The monoisotopic (exact) mass is 424 g/mol. The van der Waals surface area contributed by atoms with Crippen LogP contribution < -0.4 is 5.32 Å². The lowest BCUT2D eigenvalue weighted by Crippen LogP contribution is -2.40. The number of likely N-dealkylation sites (tertiary alicyclic amines) is 1. The highest BCUT2D eigenvalue weighted by Gasteiger charge is 2.27. The first-order valence-electron chi connectivity index (χ1n) is 10.2. The number of rotatable bonds is 5. The predicted molar refractivity (Wildman–Crippen MR) is 117 cm³/mol. The number of hydrogen-bond acceptors (Lipinski definition) is 5. The van der Waals surface area contributed by atoms with Gasteiger partial charge in [0.1, 0.15) is 0 Å². The standard InChI is InChI=1S/C23H25ClN4O2/c1-15-6-3-4-8-19(15)22-26-21(30-27-22)14-28-11-5-7-17(13-28)23(29)25-20-12-18(24)10-9-16(20)2/h3-4,6,8-10,12,17H,5,7,11,13-14H2,1-2H3,(H,25,29). The van der Waals surface area contributed by atoms with Crippen molar-refractivity contribution in [1.82, 2.24) is 15.0 Å². The van der Waals surface area contributed by atoms with E-state index in [9.17, 15) is 4.79 Å². The highest BCUT2D eigenvalue weighted by molar-refractivity contribution is 6.31. The Kier molecular flexibility index (Phi) is 6.16. The average molecular weight is 425 g/mol. The summed E-state index contributed by atoms with van der Waals surface area (Å²) in [5, 5.41) is 7.78. The molecule has 156 valence electrons. The molecule has 6 nitrogen and oxygen atoms in total. The van der Waals surface area contributed by atoms with Crippen LogP contribution in [0.3, 0.4) is 0 Å². The second-order valence-electron chi connectivity index (χ2n) is 7.85. The molecule has 1 aliphatic heterocycles. The van der Waals surface area contributed by atoms with Crippen LogP contribution in [0.1, 0.15) is 29.9 Å². The fourth-order valence-corrected chi connectivity index (χ4v) is 3.99. The molecule has 0 saturated carbocycles. The number of carbonyl (C=O) groups excluding carboxylic acids is 1. The number of aromatic nitrogens is 2. The molecular formula is C23H25ClN4O2. The molecule has 0 aliphatic carbocycles. The Bertz CT molecular complexity index is 1050. The van der Waals surface area contributed by atoms with Crippen LogP contribution >= 0.6 is 11.6 Å². The van der Waals surface area contributed by atoms with Crippen LogP contribution in [0, 0.1) is 19.8 Å². The van der Waals surface area contributed by atoms with E-state index in [4.69, 9.17) is 16.1 Å². The third kappa shape index (κ3) is 4.71. The molecule has 1 unspecified atom stereocenters. The quantitative estimate of drug-likeness (QED) is 0.633. The minimum absolute atomic E-state index is 0.0243. The lowest BCUT2D eigenvalue weighted by molar-refractivity contribution is -0.121. The molecular weight excluding hydrogens is 400 g/mol. The zero-order valence-corrected chi connectivity index (χ0v) is 17.9. The maximum Gasteiger partial charge on any atom is 0.241 e. The highest BCUT2D eigenvalue weighted by atomic mass is 35.5. The van der Waals surface area contributed by atoms with Crippen molar-refractivity contribution in [1.29, 1.82) is 0 Å². The van der Waals surface area contributed by atoms with E-state index in [2.05, 4.69) is 20.4 Å². The van der Waals surface area contributed by atoms with E-state index < -0.39 is 0 Å². The van der Waals surface area contributed by atoms with Gasteiger partial charge in [-0.3, -0.25) is 9.69 Å². The molecule has 4 rings (SSSR count). The Hall–Kier alpha value is -2.70. The second-order valence-corrected chi connectivity index (χ2v) is 8.29. The van der Waals surface area contributed by atoms with Gasteiger partial charge in [0.05, 0.1) is 12.5 Å². The van der Waals surface area contributed by atoms with Crippen LogP contribution in [0.4, 0.5) is 5.69 Å². The molecule has 1 aromatic heterocycles. The lowest BCUT2D eigenvalue weighted by atomic mass is 9.97. The maximum absolute atomic E-state index is 12.8. The van der Waals surface area contributed by atoms with Gasteiger partial charge in [-0.05, 0) is 56.5 Å². The number of hydrogen-bond donors (Lipinski definition) is 1. The molecule has 7 heteroatoms. The van der Waals surface area contributed by atoms with Gasteiger partial charge in [0, 0.05) is 22.8 Å². The predicted octanol–water partition coefficient (Wildman–Crippen LogP) is 4.86. The molecule has 0 spiro atoms. The van der Waals surface area contributed by atoms with E-state index in [1.54, 1.807) is 6.07 Å².